The Kier molecular flexibility index (Phi) is 3.78. The zero-order chi connectivity index (χ0) is 16.8. The van der Waals surface area contributed by atoms with Crippen molar-refractivity contribution in [2.75, 3.05) is 32.0 Å². The smallest absolute Gasteiger partial charge is 0.410 e. The Morgan fingerprint density at radius 1 is 1.26 bits per heavy atom. The molecule has 0 spiro atoms. The normalized spacial score (nSPS) is 17.7. The van der Waals surface area contributed by atoms with Crippen LogP contribution < -0.4 is 15.2 Å². The molecule has 1 aromatic carbocycles. The van der Waals surface area contributed by atoms with Gasteiger partial charge in [-0.1, -0.05) is 0 Å². The molecule has 1 saturated heterocycles. The summed E-state index contributed by atoms with van der Waals surface area (Å²) in [5.74, 6) is 1.59. The van der Waals surface area contributed by atoms with Crippen LogP contribution in [0.25, 0.3) is 0 Å². The maximum absolute atomic E-state index is 12.1. The number of anilines is 1. The Labute approximate surface area is 136 Å². The second-order valence-electron chi connectivity index (χ2n) is 7.13. The molecule has 1 amide bonds. The van der Waals surface area contributed by atoms with Gasteiger partial charge >= 0.3 is 6.09 Å². The van der Waals surface area contributed by atoms with Crippen LogP contribution in [0.3, 0.4) is 0 Å². The molecule has 0 aliphatic carbocycles. The van der Waals surface area contributed by atoms with E-state index in [1.165, 1.54) is 0 Å². The average molecular weight is 320 g/mol. The van der Waals surface area contributed by atoms with Crippen LogP contribution in [0.1, 0.15) is 37.8 Å². The number of carbonyl (C=O) groups excluding carboxylic acids is 1. The van der Waals surface area contributed by atoms with E-state index in [0.717, 1.165) is 16.9 Å². The fraction of sp³-hybridized carbons (Fsp3) is 0.588. The van der Waals surface area contributed by atoms with Crippen molar-refractivity contribution in [3.8, 4) is 11.5 Å². The number of aryl methyl sites for hydroxylation is 1. The molecular formula is C17H24N2O4. The van der Waals surface area contributed by atoms with E-state index in [1.54, 1.807) is 4.90 Å². The van der Waals surface area contributed by atoms with Crippen molar-refractivity contribution in [1.82, 2.24) is 4.90 Å². The Hall–Kier alpha value is -2.11. The van der Waals surface area contributed by atoms with Gasteiger partial charge in [0.25, 0.3) is 0 Å². The molecule has 0 aromatic heterocycles. The van der Waals surface area contributed by atoms with E-state index in [1.807, 2.05) is 33.8 Å². The number of benzene rings is 1. The molecule has 2 N–H and O–H groups in total. The first-order valence-corrected chi connectivity index (χ1v) is 7.93. The van der Waals surface area contributed by atoms with Crippen LogP contribution in [-0.2, 0) is 4.74 Å². The number of nitrogens with two attached hydrogens (primary N) is 1. The summed E-state index contributed by atoms with van der Waals surface area (Å²) >= 11 is 0. The minimum absolute atomic E-state index is 0.221. The van der Waals surface area contributed by atoms with Gasteiger partial charge in [0.1, 0.15) is 18.8 Å². The van der Waals surface area contributed by atoms with E-state index in [4.69, 9.17) is 19.9 Å². The van der Waals surface area contributed by atoms with Gasteiger partial charge in [-0.25, -0.2) is 4.79 Å². The molecular weight excluding hydrogens is 296 g/mol. The number of carbonyl (C=O) groups is 1. The lowest BCUT2D eigenvalue weighted by atomic mass is 9.87. The molecule has 0 saturated carbocycles. The lowest BCUT2D eigenvalue weighted by Crippen LogP contribution is -2.50. The molecule has 1 fully saturated rings. The first kappa shape index (κ1) is 15.8. The highest BCUT2D eigenvalue weighted by molar-refractivity contribution is 5.71. The number of ether oxygens (including phenoxy) is 3. The largest absolute Gasteiger partial charge is 0.486 e. The molecule has 2 aliphatic rings. The topological polar surface area (TPSA) is 74.0 Å². The highest BCUT2D eigenvalue weighted by Crippen LogP contribution is 2.46. The number of hydrogen-bond acceptors (Lipinski definition) is 5. The van der Waals surface area contributed by atoms with Crippen molar-refractivity contribution >= 4 is 11.8 Å². The summed E-state index contributed by atoms with van der Waals surface area (Å²) in [6.45, 7) is 9.89. The number of nitrogen functional groups attached to an aromatic ring is 1. The predicted molar refractivity (Wildman–Crippen MR) is 87.1 cm³/mol. The fourth-order valence-corrected chi connectivity index (χ4v) is 3.03. The average Bonchev–Trinajstić information content (AvgIpc) is 2.38. The van der Waals surface area contributed by atoms with Gasteiger partial charge in [0.05, 0.1) is 5.69 Å². The van der Waals surface area contributed by atoms with Crippen molar-refractivity contribution in [2.24, 2.45) is 0 Å². The zero-order valence-corrected chi connectivity index (χ0v) is 14.1. The van der Waals surface area contributed by atoms with Crippen LogP contribution in [0.2, 0.25) is 0 Å². The van der Waals surface area contributed by atoms with Gasteiger partial charge in [0.2, 0.25) is 0 Å². The summed E-state index contributed by atoms with van der Waals surface area (Å²) in [6, 6.07) is 1.92. The maximum atomic E-state index is 12.1. The monoisotopic (exact) mass is 320 g/mol. The third kappa shape index (κ3) is 3.02. The Morgan fingerprint density at radius 2 is 1.87 bits per heavy atom. The van der Waals surface area contributed by atoms with E-state index in [9.17, 15) is 4.79 Å². The van der Waals surface area contributed by atoms with Crippen molar-refractivity contribution in [1.29, 1.82) is 0 Å². The molecule has 23 heavy (non-hydrogen) atoms. The molecule has 6 heteroatoms. The first-order valence-electron chi connectivity index (χ1n) is 7.93. The second-order valence-corrected chi connectivity index (χ2v) is 7.13. The molecule has 1 aromatic rings. The number of nitrogens with zero attached hydrogens (tertiary/aromatic N) is 1. The number of rotatable bonds is 1. The summed E-state index contributed by atoms with van der Waals surface area (Å²) in [4.78, 5) is 13.8. The first-order chi connectivity index (χ1) is 10.8. The van der Waals surface area contributed by atoms with Gasteiger partial charge in [-0.2, -0.15) is 0 Å². The van der Waals surface area contributed by atoms with E-state index in [0.29, 0.717) is 37.7 Å². The zero-order valence-electron chi connectivity index (χ0n) is 14.1. The summed E-state index contributed by atoms with van der Waals surface area (Å²) < 4.78 is 16.9. The van der Waals surface area contributed by atoms with Gasteiger partial charge in [0, 0.05) is 24.6 Å². The molecule has 6 nitrogen and oxygen atoms in total. The molecule has 126 valence electrons. The standard InChI is InChI=1S/C17H24N2O4/c1-10-7-12(18)14-15(22-6-5-21-14)13(10)11-8-19(9-11)16(20)23-17(2,3)4/h7,11H,5-6,8-9,18H2,1-4H3. The van der Waals surface area contributed by atoms with E-state index >= 15 is 0 Å². The summed E-state index contributed by atoms with van der Waals surface area (Å²) in [6.07, 6.45) is -0.270. The fourth-order valence-electron chi connectivity index (χ4n) is 3.03. The minimum Gasteiger partial charge on any atom is -0.486 e. The van der Waals surface area contributed by atoms with Crippen molar-refractivity contribution in [3.05, 3.63) is 17.2 Å². The van der Waals surface area contributed by atoms with E-state index in [-0.39, 0.29) is 12.0 Å². The Balaban J connectivity index is 1.76. The Bertz CT molecular complexity index is 630. The molecule has 0 atom stereocenters. The number of likely N-dealkylation sites (tertiary alicyclic amines) is 1. The Morgan fingerprint density at radius 3 is 2.48 bits per heavy atom. The SMILES string of the molecule is Cc1cc(N)c2c(c1C1CN(C(=O)OC(C)(C)C)C1)OCCO2. The summed E-state index contributed by atoms with van der Waals surface area (Å²) in [7, 11) is 0. The van der Waals surface area contributed by atoms with Crippen LogP contribution in [-0.4, -0.2) is 42.9 Å². The lowest BCUT2D eigenvalue weighted by molar-refractivity contribution is 0.00776. The summed E-state index contributed by atoms with van der Waals surface area (Å²) in [5, 5.41) is 0. The molecule has 0 unspecified atom stereocenters. The van der Waals surface area contributed by atoms with Crippen LogP contribution in [0.5, 0.6) is 11.5 Å². The van der Waals surface area contributed by atoms with Gasteiger partial charge in [-0.15, -0.1) is 0 Å². The van der Waals surface area contributed by atoms with Crippen LogP contribution in [0, 0.1) is 6.92 Å². The van der Waals surface area contributed by atoms with Crippen molar-refractivity contribution < 1.29 is 19.0 Å². The third-order valence-corrected chi connectivity index (χ3v) is 4.03. The van der Waals surface area contributed by atoms with Crippen LogP contribution in [0.4, 0.5) is 10.5 Å². The third-order valence-electron chi connectivity index (χ3n) is 4.03. The number of hydrogen-bond donors (Lipinski definition) is 1. The molecule has 3 rings (SSSR count). The highest BCUT2D eigenvalue weighted by atomic mass is 16.6. The van der Waals surface area contributed by atoms with E-state index in [2.05, 4.69) is 0 Å². The summed E-state index contributed by atoms with van der Waals surface area (Å²) in [5.41, 5.74) is 8.31. The minimum atomic E-state index is -0.477. The van der Waals surface area contributed by atoms with Crippen LogP contribution in [0.15, 0.2) is 6.07 Å². The quantitative estimate of drug-likeness (QED) is 0.805. The lowest BCUT2D eigenvalue weighted by Gasteiger charge is -2.41. The number of fused-ring (bicyclic) bond motifs is 1. The molecule has 0 radical (unpaired) electrons. The number of amides is 1. The maximum Gasteiger partial charge on any atom is 0.410 e. The molecule has 2 heterocycles. The highest BCUT2D eigenvalue weighted by Gasteiger charge is 2.38. The van der Waals surface area contributed by atoms with Crippen LogP contribution >= 0.6 is 0 Å². The van der Waals surface area contributed by atoms with Gasteiger partial charge in [-0.3, -0.25) is 0 Å². The molecule has 2 aliphatic heterocycles. The predicted octanol–water partition coefficient (Wildman–Crippen LogP) is 2.68. The van der Waals surface area contributed by atoms with Crippen molar-refractivity contribution in [2.45, 2.75) is 39.2 Å². The van der Waals surface area contributed by atoms with E-state index < -0.39 is 5.60 Å². The van der Waals surface area contributed by atoms with Gasteiger partial charge in [0.15, 0.2) is 11.5 Å². The van der Waals surface area contributed by atoms with Gasteiger partial charge < -0.3 is 24.8 Å². The second kappa shape index (κ2) is 5.51. The van der Waals surface area contributed by atoms with Gasteiger partial charge in [-0.05, 0) is 39.3 Å². The van der Waals surface area contributed by atoms with Crippen molar-refractivity contribution in [3.63, 3.8) is 0 Å². The molecule has 0 bridgehead atoms.